The summed E-state index contributed by atoms with van der Waals surface area (Å²) in [6.07, 6.45) is 9.45. The van der Waals surface area contributed by atoms with E-state index in [2.05, 4.69) is 0 Å². The number of ether oxygens (including phenoxy) is 2. The van der Waals surface area contributed by atoms with Crippen LogP contribution in [0.2, 0.25) is 0 Å². The SMILES string of the molecule is CCOC(=O)[C@@H]1[C@@H]2C=C[C@]3(CN(C4CCCCC4)C(=O)[C@H]13)O2. The van der Waals surface area contributed by atoms with Gasteiger partial charge >= 0.3 is 5.97 Å². The average Bonchev–Trinajstić information content (AvgIpc) is 3.17. The van der Waals surface area contributed by atoms with Crippen molar-refractivity contribution in [1.29, 1.82) is 0 Å². The first-order valence-corrected chi connectivity index (χ1v) is 8.50. The molecule has 0 N–H and O–H groups in total. The van der Waals surface area contributed by atoms with Gasteiger partial charge in [-0.3, -0.25) is 9.59 Å². The van der Waals surface area contributed by atoms with Crippen molar-refractivity contribution in [2.24, 2.45) is 11.8 Å². The molecule has 1 amide bonds. The number of esters is 1. The first kappa shape index (κ1) is 14.2. The summed E-state index contributed by atoms with van der Waals surface area (Å²) < 4.78 is 11.3. The molecule has 22 heavy (non-hydrogen) atoms. The second-order valence-corrected chi connectivity index (χ2v) is 6.91. The highest BCUT2D eigenvalue weighted by Crippen LogP contribution is 2.53. The molecule has 3 fully saturated rings. The van der Waals surface area contributed by atoms with E-state index in [9.17, 15) is 9.59 Å². The second kappa shape index (κ2) is 5.08. The van der Waals surface area contributed by atoms with E-state index >= 15 is 0 Å². The molecule has 3 aliphatic heterocycles. The molecule has 5 heteroatoms. The highest BCUT2D eigenvalue weighted by Gasteiger charge is 2.67. The second-order valence-electron chi connectivity index (χ2n) is 6.91. The third-order valence-corrected chi connectivity index (χ3v) is 5.70. The van der Waals surface area contributed by atoms with Gasteiger partial charge in [0.15, 0.2) is 0 Å². The van der Waals surface area contributed by atoms with E-state index in [1.165, 1.54) is 19.3 Å². The van der Waals surface area contributed by atoms with Crippen LogP contribution in [0.15, 0.2) is 12.2 Å². The van der Waals surface area contributed by atoms with Crippen molar-refractivity contribution < 1.29 is 19.1 Å². The lowest BCUT2D eigenvalue weighted by Crippen LogP contribution is -2.42. The van der Waals surface area contributed by atoms with Gasteiger partial charge in [0, 0.05) is 6.04 Å². The molecule has 0 unspecified atom stereocenters. The predicted octanol–water partition coefficient (Wildman–Crippen LogP) is 1.66. The van der Waals surface area contributed by atoms with Crippen LogP contribution in [0.5, 0.6) is 0 Å². The number of rotatable bonds is 3. The standard InChI is InChI=1S/C17H23NO4/c1-2-21-16(20)13-12-8-9-17(22-12)10-18(15(19)14(13)17)11-6-4-3-5-7-11/h8-9,11-14H,2-7,10H2,1H3/t12-,13+,14-,17+/m0/s1. The Morgan fingerprint density at radius 2 is 2.18 bits per heavy atom. The molecule has 1 aliphatic carbocycles. The number of likely N-dealkylation sites (tertiary alicyclic amines) is 1. The largest absolute Gasteiger partial charge is 0.466 e. The number of fused-ring (bicyclic) bond motifs is 1. The third kappa shape index (κ3) is 1.87. The molecule has 1 saturated carbocycles. The molecular weight excluding hydrogens is 282 g/mol. The molecule has 3 heterocycles. The summed E-state index contributed by atoms with van der Waals surface area (Å²) in [5, 5.41) is 0. The van der Waals surface area contributed by atoms with E-state index < -0.39 is 11.5 Å². The zero-order chi connectivity index (χ0) is 15.3. The Balaban J connectivity index is 1.60. The summed E-state index contributed by atoms with van der Waals surface area (Å²) in [5.41, 5.74) is -0.587. The summed E-state index contributed by atoms with van der Waals surface area (Å²) >= 11 is 0. The van der Waals surface area contributed by atoms with Gasteiger partial charge in [-0.05, 0) is 19.8 Å². The Morgan fingerprint density at radius 1 is 1.41 bits per heavy atom. The van der Waals surface area contributed by atoms with E-state index in [0.717, 1.165) is 12.8 Å². The molecule has 2 bridgehead atoms. The summed E-state index contributed by atoms with van der Waals surface area (Å²) in [7, 11) is 0. The fraction of sp³-hybridized carbons (Fsp3) is 0.765. The first-order chi connectivity index (χ1) is 10.7. The third-order valence-electron chi connectivity index (χ3n) is 5.70. The number of carbonyl (C=O) groups is 2. The van der Waals surface area contributed by atoms with Gasteiger partial charge in [0.25, 0.3) is 0 Å². The molecular formula is C17H23NO4. The number of amides is 1. The predicted molar refractivity (Wildman–Crippen MR) is 78.9 cm³/mol. The molecule has 1 spiro atoms. The lowest BCUT2D eigenvalue weighted by molar-refractivity contribution is -0.153. The fourth-order valence-electron chi connectivity index (χ4n) is 4.74. The van der Waals surface area contributed by atoms with Crippen LogP contribution in [-0.2, 0) is 19.1 Å². The van der Waals surface area contributed by atoms with Crippen molar-refractivity contribution in [2.45, 2.75) is 56.8 Å². The summed E-state index contributed by atoms with van der Waals surface area (Å²) in [6.45, 7) is 2.73. The zero-order valence-corrected chi connectivity index (χ0v) is 13.0. The van der Waals surface area contributed by atoms with Crippen LogP contribution < -0.4 is 0 Å². The van der Waals surface area contributed by atoms with Gasteiger partial charge in [-0.2, -0.15) is 0 Å². The van der Waals surface area contributed by atoms with Crippen LogP contribution in [0.25, 0.3) is 0 Å². The molecule has 5 nitrogen and oxygen atoms in total. The summed E-state index contributed by atoms with van der Waals surface area (Å²) in [6, 6.07) is 0.320. The highest BCUT2D eigenvalue weighted by atomic mass is 16.6. The van der Waals surface area contributed by atoms with Gasteiger partial charge in [0.2, 0.25) is 5.91 Å². The van der Waals surface area contributed by atoms with E-state index in [4.69, 9.17) is 9.47 Å². The Hall–Kier alpha value is -1.36. The fourth-order valence-corrected chi connectivity index (χ4v) is 4.74. The Bertz CT molecular complexity index is 525. The van der Waals surface area contributed by atoms with Crippen LogP contribution in [-0.4, -0.2) is 47.7 Å². The Kier molecular flexibility index (Phi) is 3.29. The van der Waals surface area contributed by atoms with Crippen LogP contribution in [0.3, 0.4) is 0 Å². The first-order valence-electron chi connectivity index (χ1n) is 8.50. The number of carbonyl (C=O) groups excluding carboxylic acids is 2. The zero-order valence-electron chi connectivity index (χ0n) is 13.0. The van der Waals surface area contributed by atoms with Crippen LogP contribution >= 0.6 is 0 Å². The summed E-state index contributed by atoms with van der Waals surface area (Å²) in [4.78, 5) is 27.3. The van der Waals surface area contributed by atoms with Gasteiger partial charge < -0.3 is 14.4 Å². The molecule has 0 radical (unpaired) electrons. The van der Waals surface area contributed by atoms with Crippen LogP contribution in [0.1, 0.15) is 39.0 Å². The minimum atomic E-state index is -0.587. The van der Waals surface area contributed by atoms with Gasteiger partial charge in [0.05, 0.1) is 25.2 Å². The summed E-state index contributed by atoms with van der Waals surface area (Å²) in [5.74, 6) is -1.05. The normalized spacial score (nSPS) is 40.3. The minimum Gasteiger partial charge on any atom is -0.466 e. The van der Waals surface area contributed by atoms with Gasteiger partial charge in [-0.25, -0.2) is 0 Å². The van der Waals surface area contributed by atoms with Crippen molar-refractivity contribution in [3.8, 4) is 0 Å². The lowest BCUT2D eigenvalue weighted by Gasteiger charge is -2.32. The maximum Gasteiger partial charge on any atom is 0.312 e. The molecule has 4 atom stereocenters. The topological polar surface area (TPSA) is 55.8 Å². The van der Waals surface area contributed by atoms with Crippen molar-refractivity contribution in [3.05, 3.63) is 12.2 Å². The minimum absolute atomic E-state index is 0.0943. The van der Waals surface area contributed by atoms with Crippen molar-refractivity contribution in [1.82, 2.24) is 4.90 Å². The number of hydrogen-bond donors (Lipinski definition) is 0. The molecule has 4 rings (SSSR count). The molecule has 0 aromatic carbocycles. The van der Waals surface area contributed by atoms with Crippen LogP contribution in [0, 0.1) is 11.8 Å². The molecule has 0 aromatic rings. The number of hydrogen-bond acceptors (Lipinski definition) is 4. The van der Waals surface area contributed by atoms with Crippen LogP contribution in [0.4, 0.5) is 0 Å². The van der Waals surface area contributed by atoms with Gasteiger partial charge in [0.1, 0.15) is 11.5 Å². The quantitative estimate of drug-likeness (QED) is 0.588. The van der Waals surface area contributed by atoms with Crippen molar-refractivity contribution in [2.75, 3.05) is 13.2 Å². The van der Waals surface area contributed by atoms with E-state index in [-0.39, 0.29) is 23.9 Å². The highest BCUT2D eigenvalue weighted by molar-refractivity contribution is 5.91. The lowest BCUT2D eigenvalue weighted by atomic mass is 9.77. The maximum atomic E-state index is 13.0. The van der Waals surface area contributed by atoms with Crippen molar-refractivity contribution in [3.63, 3.8) is 0 Å². The smallest absolute Gasteiger partial charge is 0.312 e. The average molecular weight is 305 g/mol. The molecule has 2 saturated heterocycles. The molecule has 0 aromatic heterocycles. The van der Waals surface area contributed by atoms with Gasteiger partial charge in [-0.15, -0.1) is 0 Å². The Morgan fingerprint density at radius 3 is 2.91 bits per heavy atom. The number of nitrogens with zero attached hydrogens (tertiary/aromatic N) is 1. The Labute approximate surface area is 130 Å². The van der Waals surface area contributed by atoms with E-state index in [1.807, 2.05) is 17.1 Å². The monoisotopic (exact) mass is 305 g/mol. The maximum absolute atomic E-state index is 13.0. The molecule has 4 aliphatic rings. The van der Waals surface area contributed by atoms with E-state index in [1.54, 1.807) is 6.92 Å². The van der Waals surface area contributed by atoms with Gasteiger partial charge in [-0.1, -0.05) is 31.4 Å². The van der Waals surface area contributed by atoms with E-state index in [0.29, 0.717) is 19.2 Å². The molecule has 120 valence electrons. The van der Waals surface area contributed by atoms with Crippen molar-refractivity contribution >= 4 is 11.9 Å².